The highest BCUT2D eigenvalue weighted by atomic mass is 35.5. The van der Waals surface area contributed by atoms with Crippen molar-refractivity contribution in [2.24, 2.45) is 0 Å². The molecule has 1 aromatic rings. The first-order valence-electron chi connectivity index (χ1n) is 4.72. The van der Waals surface area contributed by atoms with Gasteiger partial charge in [0.1, 0.15) is 5.75 Å². The highest BCUT2D eigenvalue weighted by Crippen LogP contribution is 2.40. The van der Waals surface area contributed by atoms with Gasteiger partial charge in [0.25, 0.3) is 0 Å². The normalized spacial score (nSPS) is 10.7. The number of phenols is 1. The van der Waals surface area contributed by atoms with Crippen molar-refractivity contribution in [3.63, 3.8) is 0 Å². The molecule has 4 heteroatoms. The fraction of sp³-hybridized carbons (Fsp3) is 0.455. The quantitative estimate of drug-likeness (QED) is 0.635. The van der Waals surface area contributed by atoms with Gasteiger partial charge in [-0.1, -0.05) is 11.6 Å². The van der Waals surface area contributed by atoms with Crippen LogP contribution < -0.4 is 0 Å². The zero-order chi connectivity index (χ0) is 11.6. The Kier molecular flexibility index (Phi) is 4.68. The maximum Gasteiger partial charge on any atom is 0.123 e. The third-order valence-electron chi connectivity index (χ3n) is 2.48. The smallest absolute Gasteiger partial charge is 0.123 e. The van der Waals surface area contributed by atoms with Crippen LogP contribution in [-0.2, 0) is 0 Å². The Morgan fingerprint density at radius 1 is 1.20 bits per heavy atom. The fourth-order valence-corrected chi connectivity index (χ4v) is 3.00. The van der Waals surface area contributed by atoms with Crippen LogP contribution in [0, 0.1) is 20.8 Å². The summed E-state index contributed by atoms with van der Waals surface area (Å²) in [4.78, 5) is 1.07. The monoisotopic (exact) mass is 262 g/mol. The largest absolute Gasteiger partial charge is 0.507 e. The number of thiol groups is 1. The molecule has 1 N–H and O–H groups in total. The summed E-state index contributed by atoms with van der Waals surface area (Å²) in [5.41, 5.74) is 2.75. The van der Waals surface area contributed by atoms with Gasteiger partial charge in [0.05, 0.1) is 5.02 Å². The molecule has 0 aliphatic heterocycles. The molecule has 0 saturated carbocycles. The zero-order valence-electron chi connectivity index (χ0n) is 9.09. The minimum absolute atomic E-state index is 0.313. The molecular formula is C11H15ClOS2. The number of benzene rings is 1. The van der Waals surface area contributed by atoms with Crippen molar-refractivity contribution in [2.75, 3.05) is 11.5 Å². The van der Waals surface area contributed by atoms with Gasteiger partial charge in [-0.2, -0.15) is 12.6 Å². The number of phenolic OH excluding ortho intramolecular Hbond substituents is 1. The van der Waals surface area contributed by atoms with Crippen LogP contribution in [0.25, 0.3) is 0 Å². The summed E-state index contributed by atoms with van der Waals surface area (Å²) in [7, 11) is 0. The molecule has 0 bridgehead atoms. The molecule has 0 spiro atoms. The number of halogens is 1. The second-order valence-corrected chi connectivity index (χ2v) is 5.37. The maximum absolute atomic E-state index is 9.81. The van der Waals surface area contributed by atoms with Crippen LogP contribution in [0.2, 0.25) is 5.02 Å². The lowest BCUT2D eigenvalue weighted by atomic mass is 10.1. The van der Waals surface area contributed by atoms with Crippen LogP contribution >= 0.6 is 36.0 Å². The van der Waals surface area contributed by atoms with Crippen LogP contribution in [0.1, 0.15) is 16.7 Å². The van der Waals surface area contributed by atoms with Crippen LogP contribution in [-0.4, -0.2) is 16.6 Å². The van der Waals surface area contributed by atoms with E-state index in [0.29, 0.717) is 10.8 Å². The summed E-state index contributed by atoms with van der Waals surface area (Å²) in [6.45, 7) is 5.74. The standard InChI is InChI=1S/C11H15ClOS2/c1-6-7(2)11(15-5-4-14)9(12)8(3)10(6)13/h13-14H,4-5H2,1-3H3. The number of aromatic hydroxyl groups is 1. The molecule has 0 unspecified atom stereocenters. The van der Waals surface area contributed by atoms with E-state index in [2.05, 4.69) is 12.6 Å². The predicted molar refractivity (Wildman–Crippen MR) is 71.9 cm³/mol. The van der Waals surface area contributed by atoms with Gasteiger partial charge in [-0.15, -0.1) is 11.8 Å². The number of rotatable bonds is 3. The maximum atomic E-state index is 9.81. The van der Waals surface area contributed by atoms with E-state index in [1.165, 1.54) is 0 Å². The second kappa shape index (κ2) is 5.37. The molecule has 0 heterocycles. The van der Waals surface area contributed by atoms with Gasteiger partial charge in [-0.25, -0.2) is 0 Å². The van der Waals surface area contributed by atoms with Gasteiger partial charge in [0.15, 0.2) is 0 Å². The van der Waals surface area contributed by atoms with E-state index in [1.807, 2.05) is 20.8 Å². The lowest BCUT2D eigenvalue weighted by Gasteiger charge is -2.15. The summed E-state index contributed by atoms with van der Waals surface area (Å²) < 4.78 is 0. The molecule has 0 aliphatic carbocycles. The summed E-state index contributed by atoms with van der Waals surface area (Å²) >= 11 is 12.1. The van der Waals surface area contributed by atoms with Crippen molar-refractivity contribution < 1.29 is 5.11 Å². The SMILES string of the molecule is Cc1c(C)c(SCCS)c(Cl)c(C)c1O. The second-order valence-electron chi connectivity index (χ2n) is 3.44. The van der Waals surface area contributed by atoms with Gasteiger partial charge in [-0.05, 0) is 37.7 Å². The number of thioether (sulfide) groups is 1. The van der Waals surface area contributed by atoms with E-state index >= 15 is 0 Å². The number of hydrogen-bond donors (Lipinski definition) is 2. The van der Waals surface area contributed by atoms with Gasteiger partial charge in [0, 0.05) is 16.2 Å². The van der Waals surface area contributed by atoms with Gasteiger partial charge in [0.2, 0.25) is 0 Å². The Hall–Kier alpha value is 0.01000. The molecule has 84 valence electrons. The average Bonchev–Trinajstić information content (AvgIpc) is 2.24. The summed E-state index contributed by atoms with van der Waals surface area (Å²) in [6, 6.07) is 0. The minimum Gasteiger partial charge on any atom is -0.507 e. The van der Waals surface area contributed by atoms with E-state index in [-0.39, 0.29) is 0 Å². The Balaban J connectivity index is 3.26. The zero-order valence-corrected chi connectivity index (χ0v) is 11.6. The average molecular weight is 263 g/mol. The van der Waals surface area contributed by atoms with Crippen LogP contribution in [0.5, 0.6) is 5.75 Å². The van der Waals surface area contributed by atoms with Crippen molar-refractivity contribution in [2.45, 2.75) is 25.7 Å². The van der Waals surface area contributed by atoms with E-state index < -0.39 is 0 Å². The first-order valence-corrected chi connectivity index (χ1v) is 6.72. The van der Waals surface area contributed by atoms with Gasteiger partial charge < -0.3 is 5.11 Å². The highest BCUT2D eigenvalue weighted by Gasteiger charge is 2.15. The lowest BCUT2D eigenvalue weighted by Crippen LogP contribution is -1.93. The topological polar surface area (TPSA) is 20.2 Å². The molecule has 0 aromatic heterocycles. The molecule has 0 aliphatic rings. The number of hydrogen-bond acceptors (Lipinski definition) is 3. The van der Waals surface area contributed by atoms with Crippen LogP contribution in [0.4, 0.5) is 0 Å². The van der Waals surface area contributed by atoms with Crippen molar-refractivity contribution in [3.05, 3.63) is 21.7 Å². The predicted octanol–water partition coefficient (Wildman–Crippen LogP) is 3.99. The molecule has 0 atom stereocenters. The molecule has 0 fully saturated rings. The molecule has 1 rings (SSSR count). The van der Waals surface area contributed by atoms with Crippen molar-refractivity contribution in [1.82, 2.24) is 0 Å². The molecule has 0 amide bonds. The van der Waals surface area contributed by atoms with E-state index in [0.717, 1.165) is 33.1 Å². The van der Waals surface area contributed by atoms with Crippen LogP contribution in [0.15, 0.2) is 4.90 Å². The molecule has 15 heavy (non-hydrogen) atoms. The van der Waals surface area contributed by atoms with Gasteiger partial charge >= 0.3 is 0 Å². The Bertz CT molecular complexity index is 348. The van der Waals surface area contributed by atoms with Crippen molar-refractivity contribution in [1.29, 1.82) is 0 Å². The van der Waals surface area contributed by atoms with E-state index in [4.69, 9.17) is 11.6 Å². The molecular weight excluding hydrogens is 248 g/mol. The highest BCUT2D eigenvalue weighted by molar-refractivity contribution is 8.00. The van der Waals surface area contributed by atoms with Crippen molar-refractivity contribution in [3.8, 4) is 5.75 Å². The molecule has 0 saturated heterocycles. The Morgan fingerprint density at radius 3 is 2.33 bits per heavy atom. The third-order valence-corrected chi connectivity index (χ3v) is 4.80. The van der Waals surface area contributed by atoms with Crippen molar-refractivity contribution >= 4 is 36.0 Å². The summed E-state index contributed by atoms with van der Waals surface area (Å²) in [5, 5.41) is 10.5. The fourth-order valence-electron chi connectivity index (χ4n) is 1.39. The lowest BCUT2D eigenvalue weighted by molar-refractivity contribution is 0.465. The third kappa shape index (κ3) is 2.58. The first kappa shape index (κ1) is 13.1. The summed E-state index contributed by atoms with van der Waals surface area (Å²) in [5.74, 6) is 2.06. The first-order chi connectivity index (χ1) is 7.00. The van der Waals surface area contributed by atoms with Crippen LogP contribution in [0.3, 0.4) is 0 Å². The Morgan fingerprint density at radius 2 is 1.80 bits per heavy atom. The molecule has 1 nitrogen and oxygen atoms in total. The van der Waals surface area contributed by atoms with E-state index in [1.54, 1.807) is 11.8 Å². The summed E-state index contributed by atoms with van der Waals surface area (Å²) in [6.07, 6.45) is 0. The molecule has 1 aromatic carbocycles. The minimum atomic E-state index is 0.313. The van der Waals surface area contributed by atoms with Gasteiger partial charge in [-0.3, -0.25) is 0 Å². The van der Waals surface area contributed by atoms with E-state index in [9.17, 15) is 5.11 Å². The Labute approximate surface area is 106 Å². The molecule has 0 radical (unpaired) electrons.